The number of furan rings is 1. The quantitative estimate of drug-likeness (QED) is 0.111. The number of hydrogen-bond donors (Lipinski definition) is 0. The third-order valence-corrected chi connectivity index (χ3v) is 30.1. The van der Waals surface area contributed by atoms with Crippen LogP contribution in [0.1, 0.15) is 0 Å². The molecule has 0 aliphatic carbocycles. The average molecular weight is 1840 g/mol. The Morgan fingerprint density at radius 1 is 0.164 bits per heavy atom. The Labute approximate surface area is 817 Å². The van der Waals surface area contributed by atoms with E-state index in [-0.39, 0.29) is 0 Å². The highest BCUT2D eigenvalue weighted by atomic mass is 32.1. The highest BCUT2D eigenvalue weighted by molar-refractivity contribution is 7.27. The van der Waals surface area contributed by atoms with Gasteiger partial charge >= 0.3 is 0 Å². The summed E-state index contributed by atoms with van der Waals surface area (Å²) in [6.07, 6.45) is 0. The van der Waals surface area contributed by atoms with Crippen molar-refractivity contribution in [3.05, 3.63) is 473 Å². The minimum Gasteiger partial charge on any atom is -0.456 e. The summed E-state index contributed by atoms with van der Waals surface area (Å²) in [5, 5.41) is 17.7. The lowest BCUT2D eigenvalue weighted by Crippen LogP contribution is -2.01. The standard InChI is InChI=1S/C49H31N3S.C43H27N3S.C36H20N2OS/c1-3-11-32(12-4-1)34-19-25-37(26-20-34)47-50-48(38-27-21-35(22-28-38)33-13-5-2-6-14-33)52-49(51-47)39-29-23-36(24-30-39)45-41-16-8-7-15-40(41)31-44-46(45)42-17-9-10-18-43(42)53-44;1-3-12-28(13-4-1)30-22-24-31(25-23-30)41-44-42(34-18-11-17-32(26-34)29-14-5-2-6-15-29)46-43(45-41)39-35-19-8-7-16-33(35)27-37-36-20-9-10-21-38(36)47-40(37)39;1-3-13-23-21(10-1)12-9-17-25(23)33-35-34(27-16-6-8-19-30(27)40-35)38-36(37-33)32-24-14-4-2-11-22(24)20-29-31(32)26-15-5-7-18-28(26)39-29/h1-31H;1-27H;1-20H. The number of rotatable bonds is 13. The molecule has 21 aromatic carbocycles. The van der Waals surface area contributed by atoms with Gasteiger partial charge < -0.3 is 4.42 Å². The summed E-state index contributed by atoms with van der Waals surface area (Å²) in [7, 11) is 0. The van der Waals surface area contributed by atoms with Crippen molar-refractivity contribution in [3.63, 3.8) is 0 Å². The van der Waals surface area contributed by atoms with Gasteiger partial charge in [0, 0.05) is 106 Å². The highest BCUT2D eigenvalue weighted by Gasteiger charge is 2.27. The lowest BCUT2D eigenvalue weighted by molar-refractivity contribution is 0.669. The molecule has 654 valence electrons. The first-order valence-electron chi connectivity index (χ1n) is 46.8. The van der Waals surface area contributed by atoms with Gasteiger partial charge in [0.2, 0.25) is 0 Å². The van der Waals surface area contributed by atoms with Crippen molar-refractivity contribution in [2.45, 2.75) is 0 Å². The van der Waals surface area contributed by atoms with Crippen LogP contribution >= 0.6 is 34.0 Å². The molecule has 0 atom stereocenters. The summed E-state index contributed by atoms with van der Waals surface area (Å²) < 4.78 is 13.7. The van der Waals surface area contributed by atoms with Crippen LogP contribution in [0, 0.1) is 0 Å². The van der Waals surface area contributed by atoms with Crippen LogP contribution in [-0.2, 0) is 0 Å². The number of nitrogens with zero attached hydrogens (tertiary/aromatic N) is 8. The molecule has 9 nitrogen and oxygen atoms in total. The smallest absolute Gasteiger partial charge is 0.166 e. The van der Waals surface area contributed by atoms with Gasteiger partial charge in [-0.05, 0) is 147 Å². The van der Waals surface area contributed by atoms with Crippen LogP contribution < -0.4 is 0 Å². The molecule has 28 rings (SSSR count). The van der Waals surface area contributed by atoms with Crippen LogP contribution in [0.5, 0.6) is 0 Å². The van der Waals surface area contributed by atoms with Gasteiger partial charge in [-0.2, -0.15) is 0 Å². The normalized spacial score (nSPS) is 11.6. The zero-order chi connectivity index (χ0) is 92.5. The molecule has 0 unspecified atom stereocenters. The maximum absolute atomic E-state index is 6.38. The first kappa shape index (κ1) is 82.9. The Bertz CT molecular complexity index is 9560. The topological polar surface area (TPSA) is 116 Å². The lowest BCUT2D eigenvalue weighted by Gasteiger charge is -2.12. The summed E-state index contributed by atoms with van der Waals surface area (Å²) in [4.78, 5) is 41.6. The first-order chi connectivity index (χ1) is 69.4. The van der Waals surface area contributed by atoms with Gasteiger partial charge in [0.25, 0.3) is 0 Å². The van der Waals surface area contributed by atoms with E-state index < -0.39 is 0 Å². The second-order valence-corrected chi connectivity index (χ2v) is 38.2. The molecule has 0 N–H and O–H groups in total. The van der Waals surface area contributed by atoms with Crippen molar-refractivity contribution in [1.82, 2.24) is 39.9 Å². The van der Waals surface area contributed by atoms with Gasteiger partial charge in [-0.15, -0.1) is 34.0 Å². The molecule has 12 heteroatoms. The average Bonchev–Trinajstić information content (AvgIpc) is 1.56. The Hall–Kier alpha value is -17.8. The summed E-state index contributed by atoms with van der Waals surface area (Å²) in [6, 6.07) is 166. The van der Waals surface area contributed by atoms with Crippen LogP contribution in [0.3, 0.4) is 0 Å². The van der Waals surface area contributed by atoms with E-state index in [9.17, 15) is 0 Å². The molecule has 0 aliphatic rings. The second-order valence-electron chi connectivity index (χ2n) is 35.0. The third kappa shape index (κ3) is 15.3. The summed E-state index contributed by atoms with van der Waals surface area (Å²) in [5.41, 5.74) is 23.2. The van der Waals surface area contributed by atoms with Gasteiger partial charge in [-0.1, -0.05) is 425 Å². The minimum absolute atomic E-state index is 0.639. The van der Waals surface area contributed by atoms with Gasteiger partial charge in [0.15, 0.2) is 40.8 Å². The van der Waals surface area contributed by atoms with Crippen LogP contribution in [0.25, 0.3) is 272 Å². The van der Waals surface area contributed by atoms with Gasteiger partial charge in [0.1, 0.15) is 11.2 Å². The third-order valence-electron chi connectivity index (χ3n) is 26.6. The Balaban J connectivity index is 0.000000109. The molecule has 28 aromatic rings. The lowest BCUT2D eigenvalue weighted by atomic mass is 9.93. The molecular weight excluding hydrogens is 1760 g/mol. The fourth-order valence-electron chi connectivity index (χ4n) is 19.8. The first-order valence-corrected chi connectivity index (χ1v) is 49.3. The van der Waals surface area contributed by atoms with Gasteiger partial charge in [-0.25, -0.2) is 39.9 Å². The Kier molecular flexibility index (Phi) is 21.0. The number of para-hydroxylation sites is 1. The number of aromatic nitrogens is 8. The molecule has 0 saturated carbocycles. The number of fused-ring (bicyclic) bond motifs is 16. The van der Waals surface area contributed by atoms with Crippen molar-refractivity contribution in [2.24, 2.45) is 0 Å². The van der Waals surface area contributed by atoms with E-state index in [2.05, 4.69) is 437 Å². The summed E-state index contributed by atoms with van der Waals surface area (Å²) in [6.45, 7) is 0. The zero-order valence-electron chi connectivity index (χ0n) is 75.2. The predicted octanol–water partition coefficient (Wildman–Crippen LogP) is 35.5. The van der Waals surface area contributed by atoms with Crippen LogP contribution in [0.4, 0.5) is 0 Å². The maximum atomic E-state index is 6.38. The van der Waals surface area contributed by atoms with Crippen molar-refractivity contribution in [3.8, 4) is 147 Å². The fourth-order valence-corrected chi connectivity index (χ4v) is 23.3. The second kappa shape index (κ2) is 35.5. The van der Waals surface area contributed by atoms with Crippen molar-refractivity contribution in [1.29, 1.82) is 0 Å². The Morgan fingerprint density at radius 3 is 1.08 bits per heavy atom. The monoisotopic (exact) mass is 1840 g/mol. The number of benzene rings is 21. The molecule has 0 radical (unpaired) electrons. The SMILES string of the molecule is c1ccc(-c2ccc(-c3nc(-c4ccc(-c5ccccc5)cc4)nc(-c4ccc(-c5c6ccccc6cc6sc7ccccc7c56)cc4)n3)cc2)cc1.c1ccc(-c2ccc(-c3nc(-c4cccc(-c5ccccc5)c4)nc(-c4c5ccccc5cc5c4sc4ccccc45)n3)cc2)cc1.c1ccc2c(-c3nc(-c4c5ccccc5cc5oc6ccccc6c45)nc4c3sc3ccccc34)cccc2c1. The van der Waals surface area contributed by atoms with E-state index in [1.807, 2.05) is 47.7 Å². The van der Waals surface area contributed by atoms with E-state index >= 15 is 0 Å². The summed E-state index contributed by atoms with van der Waals surface area (Å²) in [5.74, 6) is 4.61. The number of thiophene rings is 3. The van der Waals surface area contributed by atoms with E-state index in [1.54, 1.807) is 22.7 Å². The van der Waals surface area contributed by atoms with Crippen molar-refractivity contribution >= 4 is 160 Å². The van der Waals surface area contributed by atoms with Crippen molar-refractivity contribution < 1.29 is 4.42 Å². The van der Waals surface area contributed by atoms with Crippen LogP contribution in [0.2, 0.25) is 0 Å². The maximum Gasteiger partial charge on any atom is 0.166 e. The Morgan fingerprint density at radius 2 is 0.521 bits per heavy atom. The highest BCUT2D eigenvalue weighted by Crippen LogP contribution is 2.50. The van der Waals surface area contributed by atoms with Crippen LogP contribution in [0.15, 0.2) is 478 Å². The molecule has 7 aromatic heterocycles. The van der Waals surface area contributed by atoms with Gasteiger partial charge in [0.05, 0.1) is 15.9 Å². The molecule has 140 heavy (non-hydrogen) atoms. The predicted molar refractivity (Wildman–Crippen MR) is 588 cm³/mol. The molecular formula is C128H78N8OS3. The minimum atomic E-state index is 0.639. The van der Waals surface area contributed by atoms with E-state index in [0.29, 0.717) is 40.8 Å². The molecule has 0 amide bonds. The van der Waals surface area contributed by atoms with E-state index in [1.165, 1.54) is 99.8 Å². The molecule has 0 aliphatic heterocycles. The van der Waals surface area contributed by atoms with E-state index in [4.69, 9.17) is 44.3 Å². The largest absolute Gasteiger partial charge is 0.456 e. The van der Waals surface area contributed by atoms with Crippen LogP contribution in [-0.4, -0.2) is 39.9 Å². The fraction of sp³-hybridized carbons (Fsp3) is 0. The summed E-state index contributed by atoms with van der Waals surface area (Å²) >= 11 is 5.42. The zero-order valence-corrected chi connectivity index (χ0v) is 77.7. The molecule has 0 bridgehead atoms. The van der Waals surface area contributed by atoms with E-state index in [0.717, 1.165) is 132 Å². The molecule has 0 spiro atoms. The van der Waals surface area contributed by atoms with Gasteiger partial charge in [-0.3, -0.25) is 0 Å². The molecule has 0 fully saturated rings. The molecule has 7 heterocycles. The number of hydrogen-bond acceptors (Lipinski definition) is 12. The molecule has 0 saturated heterocycles. The van der Waals surface area contributed by atoms with Crippen molar-refractivity contribution in [2.75, 3.05) is 0 Å².